The van der Waals surface area contributed by atoms with Gasteiger partial charge in [0, 0.05) is 11.6 Å². The summed E-state index contributed by atoms with van der Waals surface area (Å²) >= 11 is 0. The quantitative estimate of drug-likeness (QED) is 0.838. The maximum absolute atomic E-state index is 12.4. The van der Waals surface area contributed by atoms with E-state index in [0.717, 1.165) is 25.7 Å². The largest absolute Gasteiger partial charge is 0.484 e. The minimum Gasteiger partial charge on any atom is -0.484 e. The van der Waals surface area contributed by atoms with Crippen LogP contribution in [0.3, 0.4) is 0 Å². The lowest BCUT2D eigenvalue weighted by Gasteiger charge is -2.29. The third-order valence-electron chi connectivity index (χ3n) is 4.83. The van der Waals surface area contributed by atoms with Crippen molar-refractivity contribution in [3.05, 3.63) is 65.7 Å². The predicted molar refractivity (Wildman–Crippen MR) is 100 cm³/mol. The van der Waals surface area contributed by atoms with Gasteiger partial charge in [-0.15, -0.1) is 0 Å². The van der Waals surface area contributed by atoms with Crippen molar-refractivity contribution in [2.24, 2.45) is 5.73 Å². The molecule has 0 bridgehead atoms. The Hall–Kier alpha value is -2.82. The van der Waals surface area contributed by atoms with Gasteiger partial charge in [0.15, 0.2) is 6.61 Å². The molecule has 3 N–H and O–H groups in total. The number of amides is 2. The monoisotopic (exact) mass is 352 g/mol. The molecule has 1 fully saturated rings. The predicted octanol–water partition coefficient (Wildman–Crippen LogP) is 3.01. The van der Waals surface area contributed by atoms with Crippen LogP contribution in [0.25, 0.3) is 0 Å². The Kier molecular flexibility index (Phi) is 5.89. The average molecular weight is 352 g/mol. The zero-order chi connectivity index (χ0) is 18.4. The highest BCUT2D eigenvalue weighted by atomic mass is 16.5. The zero-order valence-corrected chi connectivity index (χ0v) is 14.7. The van der Waals surface area contributed by atoms with E-state index in [9.17, 15) is 9.59 Å². The van der Waals surface area contributed by atoms with Crippen molar-refractivity contribution in [1.29, 1.82) is 0 Å². The number of nitrogens with two attached hydrogens (primary N) is 1. The molecule has 5 nitrogen and oxygen atoms in total. The summed E-state index contributed by atoms with van der Waals surface area (Å²) in [7, 11) is 0. The molecule has 0 aromatic heterocycles. The number of nitrogens with one attached hydrogen (secondary N) is 1. The number of ether oxygens (including phenoxy) is 1. The molecule has 3 rings (SSSR count). The maximum Gasteiger partial charge on any atom is 0.255 e. The van der Waals surface area contributed by atoms with E-state index in [1.54, 1.807) is 24.3 Å². The van der Waals surface area contributed by atoms with E-state index < -0.39 is 5.91 Å². The van der Waals surface area contributed by atoms with E-state index in [0.29, 0.717) is 17.2 Å². The highest BCUT2D eigenvalue weighted by Crippen LogP contribution is 2.32. The molecule has 2 aromatic carbocycles. The molecule has 5 heteroatoms. The molecule has 0 unspecified atom stereocenters. The Morgan fingerprint density at radius 2 is 1.62 bits per heavy atom. The molecule has 2 aromatic rings. The first-order valence-corrected chi connectivity index (χ1v) is 8.99. The summed E-state index contributed by atoms with van der Waals surface area (Å²) in [5, 5.41) is 3.12. The van der Waals surface area contributed by atoms with Crippen LogP contribution >= 0.6 is 0 Å². The lowest BCUT2D eigenvalue weighted by Crippen LogP contribution is -2.37. The third kappa shape index (κ3) is 4.85. The second-order valence-corrected chi connectivity index (χ2v) is 6.71. The molecule has 0 radical (unpaired) electrons. The number of benzene rings is 2. The molecule has 1 saturated carbocycles. The van der Waals surface area contributed by atoms with Crippen LogP contribution in [0.15, 0.2) is 54.6 Å². The smallest absolute Gasteiger partial charge is 0.255 e. The van der Waals surface area contributed by atoms with Crippen LogP contribution in [-0.4, -0.2) is 24.5 Å². The first-order valence-electron chi connectivity index (χ1n) is 8.99. The fourth-order valence-corrected chi connectivity index (χ4v) is 3.42. The average Bonchev–Trinajstić information content (AvgIpc) is 2.68. The van der Waals surface area contributed by atoms with Gasteiger partial charge in [-0.25, -0.2) is 0 Å². The van der Waals surface area contributed by atoms with Crippen molar-refractivity contribution < 1.29 is 14.3 Å². The molecule has 1 aliphatic carbocycles. The maximum atomic E-state index is 12.4. The first-order chi connectivity index (χ1) is 12.6. The van der Waals surface area contributed by atoms with Gasteiger partial charge in [-0.05, 0) is 61.4 Å². The summed E-state index contributed by atoms with van der Waals surface area (Å²) in [5.41, 5.74) is 7.02. The molecule has 0 spiro atoms. The van der Waals surface area contributed by atoms with Crippen molar-refractivity contribution >= 4 is 11.8 Å². The van der Waals surface area contributed by atoms with Crippen molar-refractivity contribution in [2.45, 2.75) is 37.6 Å². The Morgan fingerprint density at radius 3 is 2.23 bits per heavy atom. The van der Waals surface area contributed by atoms with Crippen molar-refractivity contribution in [2.75, 3.05) is 6.61 Å². The van der Waals surface area contributed by atoms with Crippen molar-refractivity contribution in [3.63, 3.8) is 0 Å². The highest BCUT2D eigenvalue weighted by Gasteiger charge is 2.23. The normalized spacial score (nSPS) is 19.5. The topological polar surface area (TPSA) is 81.4 Å². The van der Waals surface area contributed by atoms with E-state index in [2.05, 4.69) is 29.6 Å². The van der Waals surface area contributed by atoms with Crippen LogP contribution < -0.4 is 15.8 Å². The molecule has 136 valence electrons. The SMILES string of the molecule is NC(=O)COc1ccc(C(=O)NC2CCC(c3ccccc3)CC2)cc1. The van der Waals surface area contributed by atoms with Crippen LogP contribution in [0.2, 0.25) is 0 Å². The van der Waals surface area contributed by atoms with Crippen LogP contribution in [0.4, 0.5) is 0 Å². The van der Waals surface area contributed by atoms with E-state index >= 15 is 0 Å². The van der Waals surface area contributed by atoms with Gasteiger partial charge in [0.25, 0.3) is 11.8 Å². The van der Waals surface area contributed by atoms with E-state index in [1.807, 2.05) is 6.07 Å². The standard InChI is InChI=1S/C21H24N2O3/c22-20(24)14-26-19-12-8-17(9-13-19)21(25)23-18-10-6-16(7-11-18)15-4-2-1-3-5-15/h1-5,8-9,12-13,16,18H,6-7,10-11,14H2,(H2,22,24)(H,23,25). The van der Waals surface area contributed by atoms with Crippen LogP contribution in [0.5, 0.6) is 5.75 Å². The second-order valence-electron chi connectivity index (χ2n) is 6.71. The number of carbonyl (C=O) groups is 2. The second kappa shape index (κ2) is 8.52. The van der Waals surface area contributed by atoms with Crippen molar-refractivity contribution in [1.82, 2.24) is 5.32 Å². The molecule has 0 saturated heterocycles. The summed E-state index contributed by atoms with van der Waals surface area (Å²) < 4.78 is 5.20. The fourth-order valence-electron chi connectivity index (χ4n) is 3.42. The van der Waals surface area contributed by atoms with Crippen molar-refractivity contribution in [3.8, 4) is 5.75 Å². The summed E-state index contributed by atoms with van der Waals surface area (Å²) in [4.78, 5) is 23.1. The van der Waals surface area contributed by atoms with E-state index in [4.69, 9.17) is 10.5 Å². The highest BCUT2D eigenvalue weighted by molar-refractivity contribution is 5.94. The Bertz CT molecular complexity index is 736. The minimum absolute atomic E-state index is 0.0744. The van der Waals surface area contributed by atoms with Gasteiger partial charge >= 0.3 is 0 Å². The third-order valence-corrected chi connectivity index (χ3v) is 4.83. The summed E-state index contributed by atoms with van der Waals surface area (Å²) in [6.07, 6.45) is 4.17. The lowest BCUT2D eigenvalue weighted by atomic mass is 9.82. The number of hydrogen-bond acceptors (Lipinski definition) is 3. The first kappa shape index (κ1) is 18.0. The molecule has 1 aliphatic rings. The Morgan fingerprint density at radius 1 is 0.962 bits per heavy atom. The number of carbonyl (C=O) groups excluding carboxylic acids is 2. The molecule has 0 atom stereocenters. The number of rotatable bonds is 6. The van der Waals surface area contributed by atoms with Gasteiger partial charge in [-0.3, -0.25) is 9.59 Å². The van der Waals surface area contributed by atoms with Crippen LogP contribution in [0.1, 0.15) is 47.5 Å². The van der Waals surface area contributed by atoms with E-state index in [1.165, 1.54) is 5.56 Å². The molecular formula is C21H24N2O3. The molecule has 0 aliphatic heterocycles. The van der Waals surface area contributed by atoms with Gasteiger partial charge in [-0.2, -0.15) is 0 Å². The van der Waals surface area contributed by atoms with Gasteiger partial charge in [0.1, 0.15) is 5.75 Å². The molecule has 0 heterocycles. The lowest BCUT2D eigenvalue weighted by molar-refractivity contribution is -0.119. The van der Waals surface area contributed by atoms with Gasteiger partial charge in [-0.1, -0.05) is 30.3 Å². The minimum atomic E-state index is -0.530. The van der Waals surface area contributed by atoms with Gasteiger partial charge in [0.2, 0.25) is 0 Å². The summed E-state index contributed by atoms with van der Waals surface area (Å²) in [6.45, 7) is -0.170. The molecule has 26 heavy (non-hydrogen) atoms. The molecule has 2 amide bonds. The Balaban J connectivity index is 1.49. The Labute approximate surface area is 153 Å². The summed E-state index contributed by atoms with van der Waals surface area (Å²) in [5.74, 6) is 0.502. The molecular weight excluding hydrogens is 328 g/mol. The van der Waals surface area contributed by atoms with Gasteiger partial charge in [0.05, 0.1) is 0 Å². The summed E-state index contributed by atoms with van der Waals surface area (Å²) in [6, 6.07) is 17.5. The van der Waals surface area contributed by atoms with Crippen LogP contribution in [-0.2, 0) is 4.79 Å². The fraction of sp³-hybridized carbons (Fsp3) is 0.333. The van der Waals surface area contributed by atoms with E-state index in [-0.39, 0.29) is 18.6 Å². The number of primary amides is 1. The van der Waals surface area contributed by atoms with Crippen LogP contribution in [0, 0.1) is 0 Å². The zero-order valence-electron chi connectivity index (χ0n) is 14.7. The number of hydrogen-bond donors (Lipinski definition) is 2. The van der Waals surface area contributed by atoms with Gasteiger partial charge < -0.3 is 15.8 Å².